The molecule has 1 heterocycles. The second-order valence-corrected chi connectivity index (χ2v) is 6.99. The first-order valence-corrected chi connectivity index (χ1v) is 9.93. The Bertz CT molecular complexity index is 530. The summed E-state index contributed by atoms with van der Waals surface area (Å²) in [5.41, 5.74) is 3.80. The normalized spacial score (nSPS) is 17.5. The highest BCUT2D eigenvalue weighted by Gasteiger charge is 2.38. The standard InChI is InChI=1S/C21H32N2O2/c1-2-3-4-5-6-7-8-9-10-14-17-19-20(24)21(25)23(22-19)18-15-12-11-13-16-18/h11-13,15-16,19,22H,2-10,14,17H2,1H3. The summed E-state index contributed by atoms with van der Waals surface area (Å²) in [6, 6.07) is 8.94. The molecule has 1 aliphatic rings. The minimum atomic E-state index is -0.441. The van der Waals surface area contributed by atoms with Gasteiger partial charge >= 0.3 is 5.91 Å². The first-order chi connectivity index (χ1) is 12.2. The van der Waals surface area contributed by atoms with Crippen molar-refractivity contribution in [3.8, 4) is 0 Å². The molecule has 0 bridgehead atoms. The number of rotatable bonds is 12. The van der Waals surface area contributed by atoms with Crippen LogP contribution >= 0.6 is 0 Å². The molecule has 0 aromatic heterocycles. The quantitative estimate of drug-likeness (QED) is 0.438. The van der Waals surface area contributed by atoms with Crippen molar-refractivity contribution < 1.29 is 9.59 Å². The Morgan fingerprint density at radius 1 is 0.840 bits per heavy atom. The number of Topliss-reactive ketones (excluding diaryl/α,β-unsaturated/α-hetero) is 1. The van der Waals surface area contributed by atoms with E-state index in [0.29, 0.717) is 0 Å². The average molecular weight is 344 g/mol. The van der Waals surface area contributed by atoms with Gasteiger partial charge in [0.15, 0.2) is 0 Å². The van der Waals surface area contributed by atoms with Gasteiger partial charge in [0.05, 0.1) is 11.7 Å². The number of para-hydroxylation sites is 1. The number of nitrogens with zero attached hydrogens (tertiary/aromatic N) is 1. The second-order valence-electron chi connectivity index (χ2n) is 6.99. The molecule has 1 saturated heterocycles. The molecular weight excluding hydrogens is 312 g/mol. The topological polar surface area (TPSA) is 49.4 Å². The van der Waals surface area contributed by atoms with Crippen molar-refractivity contribution in [3.63, 3.8) is 0 Å². The number of anilines is 1. The maximum atomic E-state index is 12.1. The van der Waals surface area contributed by atoms with Crippen molar-refractivity contribution in [2.75, 3.05) is 5.01 Å². The highest BCUT2D eigenvalue weighted by molar-refractivity contribution is 6.45. The van der Waals surface area contributed by atoms with E-state index < -0.39 is 5.91 Å². The Hall–Kier alpha value is -1.68. The lowest BCUT2D eigenvalue weighted by Gasteiger charge is -2.16. The van der Waals surface area contributed by atoms with Crippen LogP contribution in [-0.2, 0) is 9.59 Å². The Morgan fingerprint density at radius 2 is 1.40 bits per heavy atom. The molecule has 0 radical (unpaired) electrons. The van der Waals surface area contributed by atoms with Crippen LogP contribution < -0.4 is 10.4 Å². The maximum absolute atomic E-state index is 12.1. The van der Waals surface area contributed by atoms with Crippen LogP contribution in [0.3, 0.4) is 0 Å². The summed E-state index contributed by atoms with van der Waals surface area (Å²) >= 11 is 0. The number of ketones is 1. The maximum Gasteiger partial charge on any atom is 0.310 e. The van der Waals surface area contributed by atoms with Crippen LogP contribution in [0.2, 0.25) is 0 Å². The number of amides is 1. The van der Waals surface area contributed by atoms with E-state index in [1.165, 1.54) is 56.4 Å². The summed E-state index contributed by atoms with van der Waals surface area (Å²) in [4.78, 5) is 24.2. The number of carbonyl (C=O) groups excluding carboxylic acids is 2. The SMILES string of the molecule is CCCCCCCCCCCCC1NN(c2ccccc2)C(=O)C1=O. The molecule has 25 heavy (non-hydrogen) atoms. The second kappa shape index (κ2) is 11.0. The predicted octanol–water partition coefficient (Wildman–Crippen LogP) is 4.79. The smallest absolute Gasteiger partial charge is 0.287 e. The summed E-state index contributed by atoms with van der Waals surface area (Å²) in [5, 5.41) is 1.39. The summed E-state index contributed by atoms with van der Waals surface area (Å²) < 4.78 is 0. The van der Waals surface area contributed by atoms with E-state index in [1.807, 2.05) is 30.3 Å². The molecule has 1 aromatic carbocycles. The third-order valence-electron chi connectivity index (χ3n) is 4.88. The van der Waals surface area contributed by atoms with E-state index in [4.69, 9.17) is 0 Å². The predicted molar refractivity (Wildman–Crippen MR) is 102 cm³/mol. The number of unbranched alkanes of at least 4 members (excludes halogenated alkanes) is 9. The fourth-order valence-corrected chi connectivity index (χ4v) is 3.33. The van der Waals surface area contributed by atoms with Crippen molar-refractivity contribution in [1.29, 1.82) is 0 Å². The van der Waals surface area contributed by atoms with Gasteiger partial charge in [-0.2, -0.15) is 0 Å². The van der Waals surface area contributed by atoms with Crippen LogP contribution in [0, 0.1) is 0 Å². The lowest BCUT2D eigenvalue weighted by Crippen LogP contribution is -2.37. The molecule has 1 unspecified atom stereocenters. The first-order valence-electron chi connectivity index (χ1n) is 9.93. The molecule has 1 amide bonds. The molecule has 1 aromatic rings. The summed E-state index contributed by atoms with van der Waals surface area (Å²) in [5.74, 6) is -0.747. The minimum absolute atomic E-state index is 0.306. The molecule has 0 saturated carbocycles. The molecule has 4 heteroatoms. The van der Waals surface area contributed by atoms with Gasteiger partial charge in [-0.15, -0.1) is 0 Å². The Labute approximate surface area is 152 Å². The summed E-state index contributed by atoms with van der Waals surface area (Å²) in [6.07, 6.45) is 13.5. The van der Waals surface area contributed by atoms with Gasteiger partial charge in [-0.3, -0.25) is 9.59 Å². The molecule has 1 N–H and O–H groups in total. The molecule has 2 rings (SSSR count). The van der Waals surface area contributed by atoms with Crippen molar-refractivity contribution >= 4 is 17.4 Å². The van der Waals surface area contributed by atoms with Gasteiger partial charge in [-0.1, -0.05) is 89.3 Å². The van der Waals surface area contributed by atoms with E-state index >= 15 is 0 Å². The zero-order valence-electron chi connectivity index (χ0n) is 15.5. The number of hydrogen-bond acceptors (Lipinski definition) is 3. The van der Waals surface area contributed by atoms with Crippen molar-refractivity contribution in [1.82, 2.24) is 5.43 Å². The average Bonchev–Trinajstić information content (AvgIpc) is 2.92. The fourth-order valence-electron chi connectivity index (χ4n) is 3.33. The van der Waals surface area contributed by atoms with Crippen LogP contribution in [0.5, 0.6) is 0 Å². The molecule has 0 aliphatic carbocycles. The molecule has 1 fully saturated rings. The van der Waals surface area contributed by atoms with Crippen LogP contribution in [0.4, 0.5) is 5.69 Å². The van der Waals surface area contributed by atoms with Crippen LogP contribution in [-0.4, -0.2) is 17.7 Å². The molecule has 1 aliphatic heterocycles. The largest absolute Gasteiger partial charge is 0.310 e. The van der Waals surface area contributed by atoms with Crippen molar-refractivity contribution in [2.24, 2.45) is 0 Å². The number of benzene rings is 1. The molecule has 138 valence electrons. The van der Waals surface area contributed by atoms with Gasteiger partial charge in [-0.25, -0.2) is 10.4 Å². The Kier molecular flexibility index (Phi) is 8.67. The van der Waals surface area contributed by atoms with Crippen LogP contribution in [0.15, 0.2) is 30.3 Å². The lowest BCUT2D eigenvalue weighted by molar-refractivity contribution is -0.134. The summed E-state index contributed by atoms with van der Waals surface area (Å²) in [6.45, 7) is 2.25. The Balaban J connectivity index is 1.59. The molecule has 1 atom stereocenters. The van der Waals surface area contributed by atoms with Crippen LogP contribution in [0.1, 0.15) is 77.6 Å². The van der Waals surface area contributed by atoms with Gasteiger partial charge in [0.1, 0.15) is 0 Å². The highest BCUT2D eigenvalue weighted by atomic mass is 16.2. The fraction of sp³-hybridized carbons (Fsp3) is 0.619. The monoisotopic (exact) mass is 344 g/mol. The van der Waals surface area contributed by atoms with Gasteiger partial charge in [0.2, 0.25) is 5.78 Å². The summed E-state index contributed by atoms with van der Waals surface area (Å²) in [7, 11) is 0. The van der Waals surface area contributed by atoms with Gasteiger partial charge in [0.25, 0.3) is 0 Å². The zero-order chi connectivity index (χ0) is 17.9. The number of nitrogens with one attached hydrogen (secondary N) is 1. The zero-order valence-corrected chi connectivity index (χ0v) is 15.5. The van der Waals surface area contributed by atoms with Crippen LogP contribution in [0.25, 0.3) is 0 Å². The van der Waals surface area contributed by atoms with E-state index in [-0.39, 0.29) is 11.8 Å². The third kappa shape index (κ3) is 6.28. The number of hydrazine groups is 1. The lowest BCUT2D eigenvalue weighted by atomic mass is 10.0. The number of hydrogen-bond donors (Lipinski definition) is 1. The first kappa shape index (κ1) is 19.6. The van der Waals surface area contributed by atoms with Gasteiger partial charge in [0, 0.05) is 0 Å². The number of carbonyl (C=O) groups is 2. The van der Waals surface area contributed by atoms with Crippen molar-refractivity contribution in [2.45, 2.75) is 83.6 Å². The molecule has 4 nitrogen and oxygen atoms in total. The van der Waals surface area contributed by atoms with E-state index in [9.17, 15) is 9.59 Å². The van der Waals surface area contributed by atoms with E-state index in [0.717, 1.165) is 24.9 Å². The highest BCUT2D eigenvalue weighted by Crippen LogP contribution is 2.19. The third-order valence-corrected chi connectivity index (χ3v) is 4.88. The molecule has 0 spiro atoms. The van der Waals surface area contributed by atoms with Gasteiger partial charge < -0.3 is 0 Å². The van der Waals surface area contributed by atoms with E-state index in [2.05, 4.69) is 12.3 Å². The Morgan fingerprint density at radius 3 is 2.00 bits per heavy atom. The van der Waals surface area contributed by atoms with E-state index in [1.54, 1.807) is 0 Å². The van der Waals surface area contributed by atoms with Crippen molar-refractivity contribution in [3.05, 3.63) is 30.3 Å². The van der Waals surface area contributed by atoms with Gasteiger partial charge in [-0.05, 0) is 18.6 Å². The molecular formula is C21H32N2O2. The minimum Gasteiger partial charge on any atom is -0.287 e.